The molecule has 3 heterocycles. The molecule has 32 heavy (non-hydrogen) atoms. The summed E-state index contributed by atoms with van der Waals surface area (Å²) in [6, 6.07) is 16.4. The standard InChI is InChI=1S/C24H16FN5O2/c25-17-5-1-3-15(11-17)23(31)30-18-8-6-14(7-9-18)19-20-22(26)28-13-29-24(20)32-21(19)16-4-2-10-27-12-16/h1-13H,(H,30,31)(H2,26,28,29). The highest BCUT2D eigenvalue weighted by Gasteiger charge is 2.21. The van der Waals surface area contributed by atoms with Crippen molar-refractivity contribution in [3.63, 3.8) is 0 Å². The molecule has 5 aromatic rings. The number of benzene rings is 2. The van der Waals surface area contributed by atoms with E-state index in [9.17, 15) is 9.18 Å². The van der Waals surface area contributed by atoms with Crippen molar-refractivity contribution in [1.29, 1.82) is 0 Å². The van der Waals surface area contributed by atoms with E-state index < -0.39 is 11.7 Å². The van der Waals surface area contributed by atoms with Crippen LogP contribution in [0, 0.1) is 5.82 Å². The largest absolute Gasteiger partial charge is 0.437 e. The van der Waals surface area contributed by atoms with Crippen molar-refractivity contribution in [2.75, 3.05) is 11.1 Å². The molecule has 8 heteroatoms. The summed E-state index contributed by atoms with van der Waals surface area (Å²) in [7, 11) is 0. The number of hydrogen-bond acceptors (Lipinski definition) is 6. The van der Waals surface area contributed by atoms with E-state index in [1.807, 2.05) is 24.3 Å². The highest BCUT2D eigenvalue weighted by atomic mass is 19.1. The third-order valence-electron chi connectivity index (χ3n) is 4.96. The van der Waals surface area contributed by atoms with Crippen LogP contribution in [0.15, 0.2) is 83.8 Å². The van der Waals surface area contributed by atoms with E-state index in [0.29, 0.717) is 28.4 Å². The van der Waals surface area contributed by atoms with Crippen molar-refractivity contribution in [2.45, 2.75) is 0 Å². The van der Waals surface area contributed by atoms with E-state index in [1.165, 1.54) is 24.5 Å². The molecular weight excluding hydrogens is 409 g/mol. The summed E-state index contributed by atoms with van der Waals surface area (Å²) < 4.78 is 19.4. The summed E-state index contributed by atoms with van der Waals surface area (Å²) in [6.45, 7) is 0. The molecular formula is C24H16FN5O2. The number of fused-ring (bicyclic) bond motifs is 1. The number of nitrogens with one attached hydrogen (secondary N) is 1. The van der Waals surface area contributed by atoms with Crippen LogP contribution in [0.1, 0.15) is 10.4 Å². The number of furan rings is 1. The van der Waals surface area contributed by atoms with Gasteiger partial charge in [-0.2, -0.15) is 0 Å². The number of nitrogens with two attached hydrogens (primary N) is 1. The lowest BCUT2D eigenvalue weighted by Crippen LogP contribution is -2.11. The fourth-order valence-corrected chi connectivity index (χ4v) is 3.48. The third kappa shape index (κ3) is 3.54. The lowest BCUT2D eigenvalue weighted by atomic mass is 10.00. The normalized spacial score (nSPS) is 10.9. The summed E-state index contributed by atoms with van der Waals surface area (Å²) in [5, 5.41) is 3.36. The van der Waals surface area contributed by atoms with Crippen LogP contribution in [0.25, 0.3) is 33.6 Å². The number of rotatable bonds is 4. The van der Waals surface area contributed by atoms with Crippen molar-refractivity contribution >= 4 is 28.5 Å². The molecule has 0 atom stereocenters. The van der Waals surface area contributed by atoms with Crippen molar-refractivity contribution in [1.82, 2.24) is 15.0 Å². The lowest BCUT2D eigenvalue weighted by molar-refractivity contribution is 0.102. The summed E-state index contributed by atoms with van der Waals surface area (Å²) in [4.78, 5) is 24.9. The van der Waals surface area contributed by atoms with Gasteiger partial charge in [0, 0.05) is 34.8 Å². The first-order chi connectivity index (χ1) is 15.6. The monoisotopic (exact) mass is 425 g/mol. The number of amides is 1. The van der Waals surface area contributed by atoms with Crippen molar-refractivity contribution in [2.24, 2.45) is 0 Å². The number of halogens is 1. The molecule has 0 saturated carbocycles. The Hall–Kier alpha value is -4.59. The molecule has 0 fully saturated rings. The van der Waals surface area contributed by atoms with E-state index in [0.717, 1.165) is 16.7 Å². The van der Waals surface area contributed by atoms with Crippen LogP contribution in [-0.2, 0) is 0 Å². The van der Waals surface area contributed by atoms with Crippen LogP contribution in [0.4, 0.5) is 15.9 Å². The molecule has 0 bridgehead atoms. The number of carbonyl (C=O) groups is 1. The third-order valence-corrected chi connectivity index (χ3v) is 4.96. The fourth-order valence-electron chi connectivity index (χ4n) is 3.48. The van der Waals surface area contributed by atoms with Crippen LogP contribution in [0.2, 0.25) is 0 Å². The smallest absolute Gasteiger partial charge is 0.255 e. The van der Waals surface area contributed by atoms with E-state index >= 15 is 0 Å². The molecule has 3 N–H and O–H groups in total. The average Bonchev–Trinajstić information content (AvgIpc) is 3.21. The maximum atomic E-state index is 13.4. The van der Waals surface area contributed by atoms with Gasteiger partial charge in [-0.15, -0.1) is 0 Å². The molecule has 1 amide bonds. The molecule has 0 spiro atoms. The minimum atomic E-state index is -0.470. The van der Waals surface area contributed by atoms with Gasteiger partial charge >= 0.3 is 0 Å². The Balaban J connectivity index is 1.54. The molecule has 2 aromatic carbocycles. The Morgan fingerprint density at radius 3 is 2.59 bits per heavy atom. The van der Waals surface area contributed by atoms with E-state index in [4.69, 9.17) is 10.2 Å². The van der Waals surface area contributed by atoms with Crippen LogP contribution in [0.3, 0.4) is 0 Å². The molecule has 0 aliphatic carbocycles. The maximum Gasteiger partial charge on any atom is 0.255 e. The minimum Gasteiger partial charge on any atom is -0.437 e. The SMILES string of the molecule is Nc1ncnc2oc(-c3cccnc3)c(-c3ccc(NC(=O)c4cccc(F)c4)cc3)c12. The van der Waals surface area contributed by atoms with Gasteiger partial charge in [-0.25, -0.2) is 14.4 Å². The number of hydrogen-bond donors (Lipinski definition) is 2. The first kappa shape index (κ1) is 19.4. The number of carbonyl (C=O) groups excluding carboxylic acids is 1. The molecule has 0 radical (unpaired) electrons. The fraction of sp³-hybridized carbons (Fsp3) is 0. The number of aromatic nitrogens is 3. The van der Waals surface area contributed by atoms with Crippen LogP contribution in [-0.4, -0.2) is 20.9 Å². The second-order valence-electron chi connectivity index (χ2n) is 7.03. The Labute approximate surface area is 181 Å². The van der Waals surface area contributed by atoms with Gasteiger partial charge in [-0.1, -0.05) is 18.2 Å². The van der Waals surface area contributed by atoms with Crippen LogP contribution < -0.4 is 11.1 Å². The molecule has 156 valence electrons. The number of pyridine rings is 1. The van der Waals surface area contributed by atoms with Gasteiger partial charge in [0.2, 0.25) is 5.71 Å². The zero-order valence-corrected chi connectivity index (χ0v) is 16.6. The van der Waals surface area contributed by atoms with E-state index in [-0.39, 0.29) is 5.56 Å². The molecule has 3 aromatic heterocycles. The Bertz CT molecular complexity index is 1430. The molecule has 0 aliphatic heterocycles. The van der Waals surface area contributed by atoms with Gasteiger partial charge in [0.1, 0.15) is 23.7 Å². The summed E-state index contributed by atoms with van der Waals surface area (Å²) in [6.07, 6.45) is 4.72. The zero-order valence-electron chi connectivity index (χ0n) is 16.6. The topological polar surface area (TPSA) is 107 Å². The molecule has 0 aliphatic rings. The zero-order chi connectivity index (χ0) is 22.1. The van der Waals surface area contributed by atoms with E-state index in [1.54, 1.807) is 30.6 Å². The second kappa shape index (κ2) is 7.92. The first-order valence-corrected chi connectivity index (χ1v) is 9.71. The molecule has 0 unspecified atom stereocenters. The minimum absolute atomic E-state index is 0.235. The molecule has 0 saturated heterocycles. The number of anilines is 2. The Morgan fingerprint density at radius 1 is 1.00 bits per heavy atom. The molecule has 7 nitrogen and oxygen atoms in total. The van der Waals surface area contributed by atoms with Crippen molar-refractivity contribution in [3.8, 4) is 22.5 Å². The first-order valence-electron chi connectivity index (χ1n) is 9.71. The van der Waals surface area contributed by atoms with Gasteiger partial charge < -0.3 is 15.5 Å². The van der Waals surface area contributed by atoms with Gasteiger partial charge in [0.25, 0.3) is 5.91 Å². The molecule has 5 rings (SSSR count). The predicted molar refractivity (Wildman–Crippen MR) is 119 cm³/mol. The summed E-state index contributed by atoms with van der Waals surface area (Å²) in [5.74, 6) is -0.00787. The summed E-state index contributed by atoms with van der Waals surface area (Å²) in [5.41, 5.74) is 9.60. The highest BCUT2D eigenvalue weighted by molar-refractivity contribution is 6.06. The Morgan fingerprint density at radius 2 is 1.84 bits per heavy atom. The number of nitrogens with zero attached hydrogens (tertiary/aromatic N) is 3. The Kier molecular flexibility index (Phi) is 4.79. The van der Waals surface area contributed by atoms with Crippen molar-refractivity contribution in [3.05, 3.63) is 90.8 Å². The predicted octanol–water partition coefficient (Wildman–Crippen LogP) is 4.93. The number of nitrogen functional groups attached to an aromatic ring is 1. The van der Waals surface area contributed by atoms with Crippen LogP contribution >= 0.6 is 0 Å². The van der Waals surface area contributed by atoms with Gasteiger partial charge in [-0.3, -0.25) is 9.78 Å². The highest BCUT2D eigenvalue weighted by Crippen LogP contribution is 2.41. The summed E-state index contributed by atoms with van der Waals surface area (Å²) >= 11 is 0. The maximum absolute atomic E-state index is 13.4. The van der Waals surface area contributed by atoms with Crippen molar-refractivity contribution < 1.29 is 13.6 Å². The van der Waals surface area contributed by atoms with Gasteiger partial charge in [0.15, 0.2) is 0 Å². The van der Waals surface area contributed by atoms with Gasteiger partial charge in [0.05, 0.1) is 5.39 Å². The quantitative estimate of drug-likeness (QED) is 0.423. The second-order valence-corrected chi connectivity index (χ2v) is 7.03. The lowest BCUT2D eigenvalue weighted by Gasteiger charge is -2.08. The van der Waals surface area contributed by atoms with Gasteiger partial charge in [-0.05, 0) is 48.0 Å². The average molecular weight is 425 g/mol. The van der Waals surface area contributed by atoms with Crippen LogP contribution in [0.5, 0.6) is 0 Å². The van der Waals surface area contributed by atoms with E-state index in [2.05, 4.69) is 20.3 Å².